The van der Waals surface area contributed by atoms with Crippen LogP contribution in [0, 0.1) is 11.3 Å². The zero-order valence-corrected chi connectivity index (χ0v) is 16.3. The average Bonchev–Trinajstić information content (AvgIpc) is 2.78. The van der Waals surface area contributed by atoms with Gasteiger partial charge in [0, 0.05) is 5.56 Å². The Morgan fingerprint density at radius 2 is 2.06 bits per heavy atom. The zero-order chi connectivity index (χ0) is 22.2. The van der Waals surface area contributed by atoms with E-state index in [1.54, 1.807) is 42.5 Å². The Kier molecular flexibility index (Phi) is 6.60. The van der Waals surface area contributed by atoms with Crippen molar-refractivity contribution >= 4 is 18.1 Å². The third-order valence-electron chi connectivity index (χ3n) is 4.00. The van der Waals surface area contributed by atoms with Crippen LogP contribution in [0.5, 0.6) is 11.5 Å². The number of ether oxygens (including phenoxy) is 2. The third kappa shape index (κ3) is 5.24. The second kappa shape index (κ2) is 9.71. The van der Waals surface area contributed by atoms with Crippen LogP contribution >= 0.6 is 0 Å². The van der Waals surface area contributed by atoms with Crippen LogP contribution in [0.1, 0.15) is 11.1 Å². The van der Waals surface area contributed by atoms with E-state index in [0.717, 1.165) is 0 Å². The van der Waals surface area contributed by atoms with Crippen molar-refractivity contribution in [2.45, 2.75) is 0 Å². The third-order valence-corrected chi connectivity index (χ3v) is 4.00. The number of carboxylic acids is 1. The van der Waals surface area contributed by atoms with Gasteiger partial charge in [0.1, 0.15) is 11.6 Å². The molecule has 156 valence electrons. The molecule has 0 saturated carbocycles. The van der Waals surface area contributed by atoms with Gasteiger partial charge in [-0.3, -0.25) is 9.78 Å². The van der Waals surface area contributed by atoms with Crippen LogP contribution < -0.4 is 20.5 Å². The number of anilines is 1. The van der Waals surface area contributed by atoms with Crippen molar-refractivity contribution in [2.75, 3.05) is 19.1 Å². The maximum atomic E-state index is 12.2. The number of aliphatic carboxylic acids is 1. The normalized spacial score (nSPS) is 10.5. The number of benzene rings is 2. The maximum Gasteiger partial charge on any atom is 0.341 e. The number of nitrogens with zero attached hydrogens (tertiary/aromatic N) is 3. The van der Waals surface area contributed by atoms with E-state index in [1.807, 2.05) is 12.1 Å². The summed E-state index contributed by atoms with van der Waals surface area (Å²) in [4.78, 5) is 29.7. The standard InChI is InChI=1S/C21H17N5O5/c1-30-17-9-13(7-8-16(17)31-12-18(27)28)11-23-26-21-24-19(14-5-3-2-4-6-14)15(10-22)20(29)25-21/h2-9,11H,12H2,1H3,(H,27,28)(H2,24,25,26,29). The van der Waals surface area contributed by atoms with Crippen LogP contribution in [-0.4, -0.2) is 41.0 Å². The van der Waals surface area contributed by atoms with Crippen LogP contribution in [0.2, 0.25) is 0 Å². The summed E-state index contributed by atoms with van der Waals surface area (Å²) in [6.45, 7) is -0.493. The largest absolute Gasteiger partial charge is 0.493 e. The Hall–Kier alpha value is -4.65. The van der Waals surface area contributed by atoms with Crippen molar-refractivity contribution in [1.29, 1.82) is 5.26 Å². The highest BCUT2D eigenvalue weighted by Crippen LogP contribution is 2.27. The molecule has 1 aromatic heterocycles. The number of H-pyrrole nitrogens is 1. The topological polar surface area (TPSA) is 150 Å². The minimum absolute atomic E-state index is 0.0625. The first-order chi connectivity index (χ1) is 15.0. The molecule has 0 spiro atoms. The molecule has 0 saturated heterocycles. The Morgan fingerprint density at radius 1 is 1.29 bits per heavy atom. The lowest BCUT2D eigenvalue weighted by Gasteiger charge is -2.09. The zero-order valence-electron chi connectivity index (χ0n) is 16.3. The average molecular weight is 419 g/mol. The number of hydrogen-bond acceptors (Lipinski definition) is 8. The molecule has 0 radical (unpaired) electrons. The Labute approximate surface area is 176 Å². The molecule has 0 amide bonds. The molecule has 31 heavy (non-hydrogen) atoms. The molecule has 2 aromatic carbocycles. The lowest BCUT2D eigenvalue weighted by molar-refractivity contribution is -0.139. The highest BCUT2D eigenvalue weighted by molar-refractivity contribution is 5.81. The molecule has 0 unspecified atom stereocenters. The molecule has 0 fully saturated rings. The highest BCUT2D eigenvalue weighted by Gasteiger charge is 2.13. The quantitative estimate of drug-likeness (QED) is 0.372. The van der Waals surface area contributed by atoms with Crippen molar-refractivity contribution in [1.82, 2.24) is 9.97 Å². The molecule has 0 bridgehead atoms. The number of hydrazone groups is 1. The summed E-state index contributed by atoms with van der Waals surface area (Å²) >= 11 is 0. The van der Waals surface area contributed by atoms with Crippen LogP contribution in [-0.2, 0) is 4.79 Å². The summed E-state index contributed by atoms with van der Waals surface area (Å²) in [6, 6.07) is 15.5. The van der Waals surface area contributed by atoms with Gasteiger partial charge in [0.05, 0.1) is 19.0 Å². The van der Waals surface area contributed by atoms with Gasteiger partial charge in [-0.05, 0) is 23.8 Å². The van der Waals surface area contributed by atoms with E-state index in [4.69, 9.17) is 14.6 Å². The van der Waals surface area contributed by atoms with Gasteiger partial charge < -0.3 is 14.6 Å². The van der Waals surface area contributed by atoms with Gasteiger partial charge >= 0.3 is 5.97 Å². The molecular formula is C21H17N5O5. The number of rotatable bonds is 8. The van der Waals surface area contributed by atoms with Crippen LogP contribution in [0.4, 0.5) is 5.95 Å². The summed E-state index contributed by atoms with van der Waals surface area (Å²) in [5.74, 6) is -0.426. The molecule has 0 aliphatic carbocycles. The number of carbonyl (C=O) groups is 1. The van der Waals surface area contributed by atoms with Crippen LogP contribution in [0.3, 0.4) is 0 Å². The molecule has 3 rings (SSSR count). The summed E-state index contributed by atoms with van der Waals surface area (Å²) in [6.07, 6.45) is 1.45. The summed E-state index contributed by atoms with van der Waals surface area (Å²) < 4.78 is 10.3. The van der Waals surface area contributed by atoms with Gasteiger partial charge in [-0.2, -0.15) is 10.4 Å². The van der Waals surface area contributed by atoms with E-state index in [9.17, 15) is 14.9 Å². The maximum absolute atomic E-state index is 12.2. The molecule has 10 heteroatoms. The first-order valence-electron chi connectivity index (χ1n) is 8.93. The predicted octanol–water partition coefficient (Wildman–Crippen LogP) is 2.23. The summed E-state index contributed by atoms with van der Waals surface area (Å²) in [7, 11) is 1.43. The SMILES string of the molecule is COc1cc(C=NNc2nc(-c3ccccc3)c(C#N)c(=O)[nH]2)ccc1OCC(=O)O. The Balaban J connectivity index is 1.81. The van der Waals surface area contributed by atoms with Crippen LogP contribution in [0.25, 0.3) is 11.3 Å². The molecule has 0 aliphatic heterocycles. The fourth-order valence-electron chi connectivity index (χ4n) is 2.63. The van der Waals surface area contributed by atoms with Crippen molar-refractivity contribution in [2.24, 2.45) is 5.10 Å². The van der Waals surface area contributed by atoms with Gasteiger partial charge in [0.15, 0.2) is 18.1 Å². The second-order valence-electron chi connectivity index (χ2n) is 6.08. The number of aromatic nitrogens is 2. The molecule has 10 nitrogen and oxygen atoms in total. The first kappa shape index (κ1) is 21.1. The van der Waals surface area contributed by atoms with Crippen molar-refractivity contribution < 1.29 is 19.4 Å². The number of aromatic amines is 1. The minimum Gasteiger partial charge on any atom is -0.493 e. The van der Waals surface area contributed by atoms with Crippen molar-refractivity contribution in [3.05, 3.63) is 70.0 Å². The molecule has 3 aromatic rings. The van der Waals surface area contributed by atoms with Crippen LogP contribution in [0.15, 0.2) is 58.4 Å². The van der Waals surface area contributed by atoms with E-state index < -0.39 is 18.1 Å². The number of nitriles is 1. The fraction of sp³-hybridized carbons (Fsp3) is 0.0952. The molecule has 3 N–H and O–H groups in total. The lowest BCUT2D eigenvalue weighted by atomic mass is 10.1. The monoisotopic (exact) mass is 419 g/mol. The molecule has 1 heterocycles. The highest BCUT2D eigenvalue weighted by atomic mass is 16.5. The molecule has 0 aliphatic rings. The molecular weight excluding hydrogens is 402 g/mol. The number of nitrogens with one attached hydrogen (secondary N) is 2. The van der Waals surface area contributed by atoms with E-state index in [1.165, 1.54) is 13.3 Å². The van der Waals surface area contributed by atoms with Gasteiger partial charge in [-0.1, -0.05) is 30.3 Å². The van der Waals surface area contributed by atoms with Gasteiger partial charge in [0.25, 0.3) is 5.56 Å². The summed E-state index contributed by atoms with van der Waals surface area (Å²) in [5, 5.41) is 22.1. The van der Waals surface area contributed by atoms with E-state index in [2.05, 4.69) is 20.5 Å². The van der Waals surface area contributed by atoms with Gasteiger partial charge in [-0.15, -0.1) is 0 Å². The first-order valence-corrected chi connectivity index (χ1v) is 8.93. The lowest BCUT2D eigenvalue weighted by Crippen LogP contribution is -2.16. The number of hydrogen-bond donors (Lipinski definition) is 3. The number of carboxylic acid groups (broad SMARTS) is 1. The predicted molar refractivity (Wildman–Crippen MR) is 112 cm³/mol. The summed E-state index contributed by atoms with van der Waals surface area (Å²) in [5.41, 5.74) is 3.43. The van der Waals surface area contributed by atoms with E-state index in [0.29, 0.717) is 16.9 Å². The van der Waals surface area contributed by atoms with E-state index >= 15 is 0 Å². The van der Waals surface area contributed by atoms with E-state index in [-0.39, 0.29) is 23.0 Å². The van der Waals surface area contributed by atoms with Gasteiger partial charge in [-0.25, -0.2) is 15.2 Å². The molecule has 0 atom stereocenters. The Bertz CT molecular complexity index is 1220. The van der Waals surface area contributed by atoms with Crippen molar-refractivity contribution in [3.63, 3.8) is 0 Å². The fourth-order valence-corrected chi connectivity index (χ4v) is 2.63. The smallest absolute Gasteiger partial charge is 0.341 e. The number of methoxy groups -OCH3 is 1. The Morgan fingerprint density at radius 3 is 2.74 bits per heavy atom. The minimum atomic E-state index is -1.10. The second-order valence-corrected chi connectivity index (χ2v) is 6.08. The van der Waals surface area contributed by atoms with Gasteiger partial charge in [0.2, 0.25) is 5.95 Å². The van der Waals surface area contributed by atoms with Crippen molar-refractivity contribution in [3.8, 4) is 28.8 Å².